The summed E-state index contributed by atoms with van der Waals surface area (Å²) in [5.74, 6) is 0. The second kappa shape index (κ2) is 6.55. The van der Waals surface area contributed by atoms with Gasteiger partial charge in [-0.05, 0) is 0 Å². The molecule has 7 nitrogen and oxygen atoms in total. The van der Waals surface area contributed by atoms with Gasteiger partial charge in [0.15, 0.2) is 0 Å². The van der Waals surface area contributed by atoms with Crippen LogP contribution in [0.4, 0.5) is 4.79 Å². The maximum atomic E-state index is 8.74. The molecule has 0 amide bonds. The number of carboxylic acid groups (broad SMARTS) is 2. The molecule has 0 radical (unpaired) electrons. The van der Waals surface area contributed by atoms with Gasteiger partial charge in [-0.3, -0.25) is 9.11 Å². The van der Waals surface area contributed by atoms with E-state index in [1.54, 1.807) is 0 Å². The molecule has 0 aromatic heterocycles. The fraction of sp³-hybridized carbons (Fsp3) is 0. The van der Waals surface area contributed by atoms with Crippen molar-refractivity contribution in [1.29, 1.82) is 0 Å². The molecule has 0 aromatic rings. The minimum Gasteiger partial charge on any atom is -0.450 e. The lowest BCUT2D eigenvalue weighted by atomic mass is 11.5. The van der Waals surface area contributed by atoms with Crippen LogP contribution in [-0.4, -0.2) is 33.9 Å². The summed E-state index contributed by atoms with van der Waals surface area (Å²) in [6.45, 7) is 0. The van der Waals surface area contributed by atoms with Crippen LogP contribution < -0.4 is 0 Å². The van der Waals surface area contributed by atoms with Crippen molar-refractivity contribution in [2.24, 2.45) is 0 Å². The van der Waals surface area contributed by atoms with E-state index >= 15 is 0 Å². The molecular formula is CH5ClO7S. The van der Waals surface area contributed by atoms with Gasteiger partial charge >= 0.3 is 16.6 Å². The van der Waals surface area contributed by atoms with Gasteiger partial charge in [-0.2, -0.15) is 8.42 Å². The molecule has 64 valence electrons. The number of hydrogen-bond acceptors (Lipinski definition) is 3. The summed E-state index contributed by atoms with van der Waals surface area (Å²) in [6, 6.07) is 0. The molecule has 0 aliphatic heterocycles. The fourth-order valence-corrected chi connectivity index (χ4v) is 0. The first-order valence-electron chi connectivity index (χ1n) is 1.35. The van der Waals surface area contributed by atoms with E-state index in [1.807, 2.05) is 0 Å². The maximum absolute atomic E-state index is 8.74. The highest BCUT2D eigenvalue weighted by Crippen LogP contribution is 1.59. The Hall–Kier alpha value is -0.570. The molecule has 0 atom stereocenters. The predicted octanol–water partition coefficient (Wildman–Crippen LogP) is -0.00860. The van der Waals surface area contributed by atoms with Crippen molar-refractivity contribution < 1.29 is 32.5 Å². The zero-order valence-corrected chi connectivity index (χ0v) is 5.96. The average Bonchev–Trinajstić information content (AvgIpc) is 1.19. The van der Waals surface area contributed by atoms with Gasteiger partial charge in [0.25, 0.3) is 0 Å². The highest BCUT2D eigenvalue weighted by molar-refractivity contribution is 7.79. The van der Waals surface area contributed by atoms with Crippen molar-refractivity contribution in [3.63, 3.8) is 0 Å². The molecule has 0 unspecified atom stereocenters. The molecule has 10 heavy (non-hydrogen) atoms. The smallest absolute Gasteiger partial charge is 0.450 e. The van der Waals surface area contributed by atoms with Gasteiger partial charge in [-0.1, -0.05) is 0 Å². The van der Waals surface area contributed by atoms with Gasteiger partial charge in [-0.15, -0.1) is 12.4 Å². The van der Waals surface area contributed by atoms with Gasteiger partial charge < -0.3 is 10.2 Å². The predicted molar refractivity (Wildman–Crippen MR) is 32.1 cm³/mol. The molecule has 0 heterocycles. The summed E-state index contributed by atoms with van der Waals surface area (Å²) in [5.41, 5.74) is 0. The van der Waals surface area contributed by atoms with Crippen LogP contribution in [0.1, 0.15) is 0 Å². The molecule has 0 saturated carbocycles. The number of rotatable bonds is 0. The summed E-state index contributed by atoms with van der Waals surface area (Å²) in [7, 11) is -4.67. The van der Waals surface area contributed by atoms with Gasteiger partial charge in [0.1, 0.15) is 0 Å². The Labute approximate surface area is 62.3 Å². The number of halogens is 1. The van der Waals surface area contributed by atoms with Crippen molar-refractivity contribution >= 4 is 29.0 Å². The van der Waals surface area contributed by atoms with E-state index in [9.17, 15) is 0 Å². The summed E-state index contributed by atoms with van der Waals surface area (Å²) in [5, 5.41) is 13.9. The van der Waals surface area contributed by atoms with Gasteiger partial charge in [-0.25, -0.2) is 4.79 Å². The van der Waals surface area contributed by atoms with Gasteiger partial charge in [0, 0.05) is 0 Å². The largest absolute Gasteiger partial charge is 0.503 e. The first kappa shape index (κ1) is 16.2. The zero-order valence-electron chi connectivity index (χ0n) is 4.33. The Bertz CT molecular complexity index is 156. The summed E-state index contributed by atoms with van der Waals surface area (Å²) in [4.78, 5) is 8.56. The van der Waals surface area contributed by atoms with E-state index in [4.69, 9.17) is 32.5 Å². The average molecular weight is 197 g/mol. The zero-order chi connectivity index (χ0) is 8.08. The van der Waals surface area contributed by atoms with Crippen LogP contribution in [0.15, 0.2) is 0 Å². The van der Waals surface area contributed by atoms with Crippen LogP contribution in [0, 0.1) is 0 Å². The quantitative estimate of drug-likeness (QED) is 0.401. The minimum atomic E-state index is -4.67. The lowest BCUT2D eigenvalue weighted by Gasteiger charge is -1.68. The molecule has 0 rings (SSSR count). The van der Waals surface area contributed by atoms with E-state index in [0.29, 0.717) is 0 Å². The highest BCUT2D eigenvalue weighted by atomic mass is 35.5. The third kappa shape index (κ3) is 945. The van der Waals surface area contributed by atoms with Crippen LogP contribution in [0.25, 0.3) is 0 Å². The van der Waals surface area contributed by atoms with Crippen molar-refractivity contribution in [3.8, 4) is 0 Å². The topological polar surface area (TPSA) is 132 Å². The number of hydrogen-bond donors (Lipinski definition) is 4. The molecular weight excluding hydrogens is 192 g/mol. The monoisotopic (exact) mass is 196 g/mol. The van der Waals surface area contributed by atoms with E-state index in [2.05, 4.69) is 0 Å². The lowest BCUT2D eigenvalue weighted by molar-refractivity contribution is 0.137. The Balaban J connectivity index is -0.0000000910. The fourth-order valence-electron chi connectivity index (χ4n) is 0. The third-order valence-corrected chi connectivity index (χ3v) is 0. The van der Waals surface area contributed by atoms with Crippen LogP contribution in [0.3, 0.4) is 0 Å². The first-order valence-corrected chi connectivity index (χ1v) is 2.75. The lowest BCUT2D eigenvalue weighted by Crippen LogP contribution is -1.89. The molecule has 0 aliphatic carbocycles. The first-order chi connectivity index (χ1) is 3.73. The van der Waals surface area contributed by atoms with Crippen LogP contribution in [0.5, 0.6) is 0 Å². The maximum Gasteiger partial charge on any atom is 0.503 e. The molecule has 0 spiro atoms. The summed E-state index contributed by atoms with van der Waals surface area (Å²) in [6.07, 6.45) is -1.83. The molecule has 0 aliphatic rings. The summed E-state index contributed by atoms with van der Waals surface area (Å²) < 4.78 is 31.6. The Morgan fingerprint density at radius 1 is 1.10 bits per heavy atom. The molecule has 4 N–H and O–H groups in total. The third-order valence-electron chi connectivity index (χ3n) is 0. The van der Waals surface area contributed by atoms with Crippen LogP contribution in [-0.2, 0) is 10.4 Å². The summed E-state index contributed by atoms with van der Waals surface area (Å²) >= 11 is 0. The van der Waals surface area contributed by atoms with Crippen LogP contribution in [0.2, 0.25) is 0 Å². The van der Waals surface area contributed by atoms with Crippen molar-refractivity contribution in [2.75, 3.05) is 0 Å². The van der Waals surface area contributed by atoms with E-state index in [0.717, 1.165) is 0 Å². The Morgan fingerprint density at radius 3 is 1.10 bits per heavy atom. The van der Waals surface area contributed by atoms with Gasteiger partial charge in [0.05, 0.1) is 0 Å². The molecule has 0 aromatic carbocycles. The van der Waals surface area contributed by atoms with Crippen molar-refractivity contribution in [1.82, 2.24) is 0 Å². The highest BCUT2D eigenvalue weighted by Gasteiger charge is 1.84. The molecule has 0 fully saturated rings. The van der Waals surface area contributed by atoms with E-state index < -0.39 is 16.6 Å². The number of carbonyl (C=O) groups is 1. The Morgan fingerprint density at radius 2 is 1.10 bits per heavy atom. The minimum absolute atomic E-state index is 0. The van der Waals surface area contributed by atoms with E-state index in [-0.39, 0.29) is 12.4 Å². The van der Waals surface area contributed by atoms with Crippen molar-refractivity contribution in [2.45, 2.75) is 0 Å². The SMILES string of the molecule is Cl.O=C(O)O.O=S(=O)(O)O. The van der Waals surface area contributed by atoms with Crippen LogP contribution >= 0.6 is 12.4 Å². The normalized spacial score (nSPS) is 8.20. The van der Waals surface area contributed by atoms with Crippen molar-refractivity contribution in [3.05, 3.63) is 0 Å². The van der Waals surface area contributed by atoms with E-state index in [1.165, 1.54) is 0 Å². The molecule has 0 saturated heterocycles. The second-order valence-electron chi connectivity index (χ2n) is 0.730. The molecule has 0 bridgehead atoms. The Kier molecular flexibility index (Phi) is 10.6. The second-order valence-corrected chi connectivity index (χ2v) is 1.63. The van der Waals surface area contributed by atoms with Gasteiger partial charge in [0.2, 0.25) is 0 Å². The standard InChI is InChI=1S/CH2O3.ClH.H2O4S/c2-1(3)4;;1-5(2,3)4/h(H2,2,3,4);1H;(H2,1,2,3,4). The molecule has 9 heteroatoms.